The Morgan fingerprint density at radius 1 is 0.828 bits per heavy atom. The summed E-state index contributed by atoms with van der Waals surface area (Å²) in [4.78, 5) is 11.6. The van der Waals surface area contributed by atoms with Crippen molar-refractivity contribution < 1.29 is 4.79 Å². The van der Waals surface area contributed by atoms with Crippen molar-refractivity contribution in [2.24, 2.45) is 5.92 Å². The summed E-state index contributed by atoms with van der Waals surface area (Å²) in [5.74, 6) is 0.977. The van der Waals surface area contributed by atoms with E-state index in [-0.39, 0.29) is 5.91 Å². The molecule has 0 aromatic heterocycles. The summed E-state index contributed by atoms with van der Waals surface area (Å²) in [5, 5.41) is 3.02. The van der Waals surface area contributed by atoms with Crippen molar-refractivity contribution in [2.45, 2.75) is 64.2 Å². The molecule has 1 amide bonds. The first-order valence-electron chi connectivity index (χ1n) is 11.2. The molecule has 1 aliphatic rings. The van der Waals surface area contributed by atoms with Crippen molar-refractivity contribution in [3.8, 4) is 0 Å². The van der Waals surface area contributed by atoms with Gasteiger partial charge in [0.15, 0.2) is 0 Å². The van der Waals surface area contributed by atoms with Crippen molar-refractivity contribution in [1.82, 2.24) is 5.32 Å². The molecule has 0 atom stereocenters. The number of hydrogen-bond donors (Lipinski definition) is 1. The van der Waals surface area contributed by atoms with E-state index in [1.165, 1.54) is 18.4 Å². The van der Waals surface area contributed by atoms with E-state index in [1.807, 2.05) is 0 Å². The molecular formula is C27H37NO. The van der Waals surface area contributed by atoms with E-state index in [1.54, 1.807) is 0 Å². The summed E-state index contributed by atoms with van der Waals surface area (Å²) in [6.45, 7) is 0.887. The van der Waals surface area contributed by atoms with Crippen molar-refractivity contribution in [3.63, 3.8) is 0 Å². The molecule has 1 saturated carbocycles. The maximum atomic E-state index is 11.6. The molecule has 2 nitrogen and oxygen atoms in total. The van der Waals surface area contributed by atoms with Crippen LogP contribution in [0.4, 0.5) is 0 Å². The van der Waals surface area contributed by atoms with Crippen LogP contribution in [0.1, 0.15) is 63.4 Å². The van der Waals surface area contributed by atoms with Gasteiger partial charge >= 0.3 is 0 Å². The van der Waals surface area contributed by atoms with Gasteiger partial charge in [0.1, 0.15) is 0 Å². The van der Waals surface area contributed by atoms with E-state index in [0.717, 1.165) is 57.4 Å². The van der Waals surface area contributed by atoms with Crippen LogP contribution in [0.2, 0.25) is 0 Å². The predicted octanol–water partition coefficient (Wildman–Crippen LogP) is 6.71. The first-order valence-corrected chi connectivity index (χ1v) is 11.2. The van der Waals surface area contributed by atoms with Crippen LogP contribution in [-0.2, 0) is 11.2 Å². The molecule has 0 radical (unpaired) electrons. The number of allylic oxidation sites excluding steroid dienone is 8. The Kier molecular flexibility index (Phi) is 12.3. The van der Waals surface area contributed by atoms with Crippen LogP contribution in [0, 0.1) is 5.92 Å². The third-order valence-electron chi connectivity index (χ3n) is 4.99. The van der Waals surface area contributed by atoms with Crippen LogP contribution in [0.5, 0.6) is 0 Å². The van der Waals surface area contributed by atoms with Gasteiger partial charge < -0.3 is 5.32 Å². The summed E-state index contributed by atoms with van der Waals surface area (Å²) in [5.41, 5.74) is 1.40. The molecular weight excluding hydrogens is 354 g/mol. The largest absolute Gasteiger partial charge is 0.356 e. The zero-order valence-electron chi connectivity index (χ0n) is 17.8. The number of carbonyl (C=O) groups is 1. The number of unbranched alkanes of at least 4 members (excludes halogenated alkanes) is 1. The Morgan fingerprint density at radius 2 is 1.41 bits per heavy atom. The van der Waals surface area contributed by atoms with Gasteiger partial charge in [-0.05, 0) is 69.3 Å². The number of nitrogens with one attached hydrogen (secondary N) is 1. The molecule has 0 heterocycles. The Hall–Kier alpha value is -2.35. The maximum absolute atomic E-state index is 11.6. The van der Waals surface area contributed by atoms with Crippen LogP contribution < -0.4 is 5.32 Å². The van der Waals surface area contributed by atoms with Gasteiger partial charge in [0.2, 0.25) is 5.91 Å². The van der Waals surface area contributed by atoms with Crippen molar-refractivity contribution in [1.29, 1.82) is 0 Å². The second-order valence-corrected chi connectivity index (χ2v) is 7.76. The summed E-state index contributed by atoms with van der Waals surface area (Å²) in [6.07, 6.45) is 28.1. The van der Waals surface area contributed by atoms with E-state index in [9.17, 15) is 4.79 Å². The first kappa shape index (κ1) is 22.9. The van der Waals surface area contributed by atoms with Gasteiger partial charge in [-0.3, -0.25) is 4.79 Å². The molecule has 0 aliphatic heterocycles. The van der Waals surface area contributed by atoms with E-state index >= 15 is 0 Å². The molecule has 2 rings (SSSR count). The molecule has 1 N–H and O–H groups in total. The monoisotopic (exact) mass is 391 g/mol. The quantitative estimate of drug-likeness (QED) is 0.261. The van der Waals surface area contributed by atoms with Crippen LogP contribution in [0.25, 0.3) is 0 Å². The van der Waals surface area contributed by atoms with Gasteiger partial charge in [-0.15, -0.1) is 0 Å². The average molecular weight is 392 g/mol. The topological polar surface area (TPSA) is 29.1 Å². The zero-order valence-corrected chi connectivity index (χ0v) is 17.8. The highest BCUT2D eigenvalue weighted by atomic mass is 16.1. The molecule has 0 unspecified atom stereocenters. The number of hydrogen-bond acceptors (Lipinski definition) is 1. The van der Waals surface area contributed by atoms with Crippen LogP contribution >= 0.6 is 0 Å². The highest BCUT2D eigenvalue weighted by molar-refractivity contribution is 5.75. The second kappa shape index (κ2) is 15.6. The van der Waals surface area contributed by atoms with Crippen LogP contribution in [-0.4, -0.2) is 12.5 Å². The first-order chi connectivity index (χ1) is 14.3. The number of aryl methyl sites for hydroxylation is 1. The molecule has 156 valence electrons. The Labute approximate surface area is 177 Å². The predicted molar refractivity (Wildman–Crippen MR) is 125 cm³/mol. The van der Waals surface area contributed by atoms with E-state index in [0.29, 0.717) is 6.42 Å². The van der Waals surface area contributed by atoms with Gasteiger partial charge in [-0.1, -0.05) is 78.9 Å². The Morgan fingerprint density at radius 3 is 2.03 bits per heavy atom. The SMILES string of the molecule is O=C(CCCC=CCC=CCC=CCC=CCCc1ccccc1)NCC1CC1. The summed E-state index contributed by atoms with van der Waals surface area (Å²) in [6, 6.07) is 10.6. The lowest BCUT2D eigenvalue weighted by molar-refractivity contribution is -0.121. The zero-order chi connectivity index (χ0) is 20.4. The molecule has 1 aromatic carbocycles. The highest BCUT2D eigenvalue weighted by Crippen LogP contribution is 2.27. The maximum Gasteiger partial charge on any atom is 0.220 e. The lowest BCUT2D eigenvalue weighted by Crippen LogP contribution is -2.24. The van der Waals surface area contributed by atoms with Crippen LogP contribution in [0.15, 0.2) is 78.9 Å². The third kappa shape index (κ3) is 13.5. The summed E-state index contributed by atoms with van der Waals surface area (Å²) < 4.78 is 0. The lowest BCUT2D eigenvalue weighted by Gasteiger charge is -2.02. The molecule has 1 aliphatic carbocycles. The molecule has 2 heteroatoms. The Balaban J connectivity index is 1.37. The van der Waals surface area contributed by atoms with Crippen LogP contribution in [0.3, 0.4) is 0 Å². The summed E-state index contributed by atoms with van der Waals surface area (Å²) in [7, 11) is 0. The second-order valence-electron chi connectivity index (χ2n) is 7.76. The standard InChI is InChI=1S/C27H37NO/c29-27(28-24-26-22-23-26)21-17-12-10-8-6-4-2-1-3-5-7-9-11-14-18-25-19-15-13-16-20-25/h2-5,8-11,13,15-16,19-20,26H,1,6-7,12,14,17-18,21-24H2,(H,28,29). The van der Waals surface area contributed by atoms with Crippen molar-refractivity contribution in [3.05, 3.63) is 84.5 Å². The van der Waals surface area contributed by atoms with Gasteiger partial charge in [-0.25, -0.2) is 0 Å². The molecule has 0 bridgehead atoms. The Bertz CT molecular complexity index is 665. The normalized spacial score (nSPS) is 14.6. The fraction of sp³-hybridized carbons (Fsp3) is 0.444. The number of amides is 1. The van der Waals surface area contributed by atoms with Gasteiger partial charge in [-0.2, -0.15) is 0 Å². The summed E-state index contributed by atoms with van der Waals surface area (Å²) >= 11 is 0. The average Bonchev–Trinajstić information content (AvgIpc) is 3.57. The minimum Gasteiger partial charge on any atom is -0.356 e. The minimum absolute atomic E-state index is 0.211. The smallest absolute Gasteiger partial charge is 0.220 e. The van der Waals surface area contributed by atoms with E-state index in [4.69, 9.17) is 0 Å². The van der Waals surface area contributed by atoms with E-state index in [2.05, 4.69) is 84.3 Å². The van der Waals surface area contributed by atoms with Gasteiger partial charge in [0, 0.05) is 13.0 Å². The number of benzene rings is 1. The third-order valence-corrected chi connectivity index (χ3v) is 4.99. The van der Waals surface area contributed by atoms with Crippen molar-refractivity contribution in [2.75, 3.05) is 6.54 Å². The molecule has 1 aromatic rings. The fourth-order valence-electron chi connectivity index (χ4n) is 2.99. The lowest BCUT2D eigenvalue weighted by atomic mass is 10.1. The van der Waals surface area contributed by atoms with E-state index < -0.39 is 0 Å². The number of rotatable bonds is 15. The van der Waals surface area contributed by atoms with Gasteiger partial charge in [0.25, 0.3) is 0 Å². The van der Waals surface area contributed by atoms with Gasteiger partial charge in [0.05, 0.1) is 0 Å². The highest BCUT2D eigenvalue weighted by Gasteiger charge is 2.21. The molecule has 29 heavy (non-hydrogen) atoms. The molecule has 0 saturated heterocycles. The van der Waals surface area contributed by atoms with Crippen molar-refractivity contribution >= 4 is 5.91 Å². The fourth-order valence-corrected chi connectivity index (χ4v) is 2.99. The molecule has 0 spiro atoms. The number of carbonyl (C=O) groups excluding carboxylic acids is 1. The minimum atomic E-state index is 0.211. The molecule has 1 fully saturated rings.